The van der Waals surface area contributed by atoms with Crippen molar-refractivity contribution in [1.29, 1.82) is 0 Å². The molecule has 1 aromatic carbocycles. The summed E-state index contributed by atoms with van der Waals surface area (Å²) in [7, 11) is 0. The topological polar surface area (TPSA) is 80.3 Å². The van der Waals surface area contributed by atoms with Gasteiger partial charge >= 0.3 is 12.1 Å². The molecule has 0 aromatic heterocycles. The van der Waals surface area contributed by atoms with Gasteiger partial charge in [0.25, 0.3) is 0 Å². The molecule has 0 bridgehead atoms. The van der Waals surface area contributed by atoms with Crippen LogP contribution < -0.4 is 0 Å². The Balaban J connectivity index is 2.28. The van der Waals surface area contributed by atoms with Crippen LogP contribution in [0.5, 0.6) is 0 Å². The first-order chi connectivity index (χ1) is 12.7. The highest BCUT2D eigenvalue weighted by molar-refractivity contribution is 5.88. The summed E-state index contributed by atoms with van der Waals surface area (Å²) in [5.74, 6) is -0.771. The lowest BCUT2D eigenvalue weighted by molar-refractivity contribution is -0.453. The summed E-state index contributed by atoms with van der Waals surface area (Å²) in [6, 6.07) is 6.99. The summed E-state index contributed by atoms with van der Waals surface area (Å²) in [5, 5.41) is 4.20. The monoisotopic (exact) mass is 382 g/mol. The van der Waals surface area contributed by atoms with Gasteiger partial charge in [-0.15, -0.1) is 0 Å². The lowest BCUT2D eigenvalue weighted by Gasteiger charge is -2.21. The average molecular weight is 382 g/mol. The fourth-order valence-electron chi connectivity index (χ4n) is 2.10. The average Bonchev–Trinajstić information content (AvgIpc) is 2.60. The van der Waals surface area contributed by atoms with E-state index in [0.717, 1.165) is 24.8 Å². The second-order valence-electron chi connectivity index (χ2n) is 7.28. The summed E-state index contributed by atoms with van der Waals surface area (Å²) in [6.45, 7) is 9.65. The van der Waals surface area contributed by atoms with Crippen LogP contribution in [0.15, 0.2) is 24.3 Å². The molecule has 0 spiro atoms. The van der Waals surface area contributed by atoms with Crippen molar-refractivity contribution < 1.29 is 33.9 Å². The molecule has 0 N–H and O–H groups in total. The lowest BCUT2D eigenvalue weighted by atomic mass is 10.1. The molecule has 27 heavy (non-hydrogen) atoms. The normalized spacial score (nSPS) is 12.3. The molecule has 0 radical (unpaired) electrons. The van der Waals surface area contributed by atoms with E-state index in [1.165, 1.54) is 6.42 Å². The highest BCUT2D eigenvalue weighted by Crippen LogP contribution is 2.11. The van der Waals surface area contributed by atoms with Crippen LogP contribution in [-0.2, 0) is 30.7 Å². The first-order valence-corrected chi connectivity index (χ1v) is 9.20. The smallest absolute Gasteiger partial charge is 0.427 e. The molecule has 7 nitrogen and oxygen atoms in total. The van der Waals surface area contributed by atoms with Crippen molar-refractivity contribution in [2.24, 2.45) is 0 Å². The Morgan fingerprint density at radius 3 is 2.30 bits per heavy atom. The summed E-state index contributed by atoms with van der Waals surface area (Å²) in [5.41, 5.74) is 1.09. The first kappa shape index (κ1) is 22.9. The van der Waals surface area contributed by atoms with E-state index in [0.29, 0.717) is 0 Å². The molecular formula is C20H30O7. The minimum atomic E-state index is -1.13. The molecule has 1 rings (SSSR count). The summed E-state index contributed by atoms with van der Waals surface area (Å²) >= 11 is 0. The second-order valence-corrected chi connectivity index (χ2v) is 7.28. The van der Waals surface area contributed by atoms with E-state index in [1.54, 1.807) is 19.1 Å². The maximum Gasteiger partial charge on any atom is 0.543 e. The SMILES string of the molecule is CCCCCc1ccc(C(=O)OOOC(=O)OC(C)COC(C)(C)C)cc1. The Hall–Kier alpha value is -2.12. The minimum Gasteiger partial charge on any atom is -0.427 e. The number of benzene rings is 1. The molecule has 0 amide bonds. The van der Waals surface area contributed by atoms with Gasteiger partial charge in [0.2, 0.25) is 0 Å². The lowest BCUT2D eigenvalue weighted by Crippen LogP contribution is -2.28. The van der Waals surface area contributed by atoms with Crippen LogP contribution in [0, 0.1) is 0 Å². The highest BCUT2D eigenvalue weighted by Gasteiger charge is 2.18. The third-order valence-electron chi connectivity index (χ3n) is 3.52. The van der Waals surface area contributed by atoms with Crippen LogP contribution in [0.3, 0.4) is 0 Å². The number of aryl methyl sites for hydroxylation is 1. The summed E-state index contributed by atoms with van der Waals surface area (Å²) < 4.78 is 10.4. The van der Waals surface area contributed by atoms with Crippen LogP contribution in [0.4, 0.5) is 4.79 Å². The minimum absolute atomic E-state index is 0.197. The van der Waals surface area contributed by atoms with E-state index in [2.05, 4.69) is 21.7 Å². The van der Waals surface area contributed by atoms with Crippen LogP contribution >= 0.6 is 0 Å². The predicted molar refractivity (Wildman–Crippen MR) is 98.9 cm³/mol. The number of rotatable bonds is 10. The Morgan fingerprint density at radius 1 is 1.04 bits per heavy atom. The first-order valence-electron chi connectivity index (χ1n) is 9.20. The molecule has 1 aromatic rings. The van der Waals surface area contributed by atoms with Gasteiger partial charge in [-0.1, -0.05) is 31.9 Å². The molecule has 0 aliphatic carbocycles. The number of unbranched alkanes of at least 4 members (excludes halogenated alkanes) is 2. The van der Waals surface area contributed by atoms with Gasteiger partial charge in [-0.2, -0.15) is 0 Å². The maximum atomic E-state index is 11.8. The van der Waals surface area contributed by atoms with Crippen molar-refractivity contribution in [3.63, 3.8) is 0 Å². The van der Waals surface area contributed by atoms with Gasteiger partial charge in [0.05, 0.1) is 22.8 Å². The van der Waals surface area contributed by atoms with Crippen molar-refractivity contribution in [1.82, 2.24) is 0 Å². The van der Waals surface area contributed by atoms with Crippen molar-refractivity contribution >= 4 is 12.1 Å². The van der Waals surface area contributed by atoms with Crippen molar-refractivity contribution in [2.75, 3.05) is 6.61 Å². The van der Waals surface area contributed by atoms with Crippen molar-refractivity contribution in [3.8, 4) is 0 Å². The van der Waals surface area contributed by atoms with Gasteiger partial charge < -0.3 is 9.47 Å². The van der Waals surface area contributed by atoms with Gasteiger partial charge in [0.1, 0.15) is 6.10 Å². The molecule has 0 aliphatic rings. The van der Waals surface area contributed by atoms with E-state index in [9.17, 15) is 9.59 Å². The Bertz CT molecular complexity index is 575. The molecule has 0 saturated carbocycles. The van der Waals surface area contributed by atoms with Gasteiger partial charge in [0.15, 0.2) is 0 Å². The van der Waals surface area contributed by atoms with E-state index in [1.807, 2.05) is 32.9 Å². The Kier molecular flexibility index (Phi) is 9.82. The van der Waals surface area contributed by atoms with Crippen LogP contribution in [0.25, 0.3) is 0 Å². The number of carbonyl (C=O) groups is 2. The molecule has 0 aliphatic heterocycles. The molecule has 1 atom stereocenters. The molecule has 152 valence electrons. The molecule has 0 heterocycles. The van der Waals surface area contributed by atoms with Gasteiger partial charge in [-0.3, -0.25) is 4.89 Å². The third kappa shape index (κ3) is 10.6. The van der Waals surface area contributed by atoms with Gasteiger partial charge in [-0.05, 0) is 58.2 Å². The standard InChI is InChI=1S/C20H30O7/c1-6-7-8-9-16-10-12-17(13-11-16)18(21)25-27-26-19(22)24-15(2)14-23-20(3,4)5/h10-13,15H,6-9,14H2,1-5H3. The summed E-state index contributed by atoms with van der Waals surface area (Å²) in [6.07, 6.45) is 2.73. The molecule has 0 saturated heterocycles. The summed E-state index contributed by atoms with van der Waals surface area (Å²) in [4.78, 5) is 32.0. The largest absolute Gasteiger partial charge is 0.543 e. The van der Waals surface area contributed by atoms with Crippen LogP contribution in [0.1, 0.15) is 69.8 Å². The third-order valence-corrected chi connectivity index (χ3v) is 3.52. The molecule has 7 heteroatoms. The fraction of sp³-hybridized carbons (Fsp3) is 0.600. The Morgan fingerprint density at radius 2 is 1.70 bits per heavy atom. The molecular weight excluding hydrogens is 352 g/mol. The van der Waals surface area contributed by atoms with Crippen LogP contribution in [0.2, 0.25) is 0 Å². The predicted octanol–water partition coefficient (Wildman–Crippen LogP) is 4.78. The number of hydrogen-bond acceptors (Lipinski definition) is 7. The van der Waals surface area contributed by atoms with Crippen LogP contribution in [-0.4, -0.2) is 30.4 Å². The fourth-order valence-corrected chi connectivity index (χ4v) is 2.10. The Labute approximate surface area is 160 Å². The zero-order chi connectivity index (χ0) is 20.3. The zero-order valence-corrected chi connectivity index (χ0v) is 16.8. The van der Waals surface area contributed by atoms with E-state index in [-0.39, 0.29) is 17.8 Å². The maximum absolute atomic E-state index is 11.8. The number of carbonyl (C=O) groups excluding carboxylic acids is 2. The van der Waals surface area contributed by atoms with E-state index in [4.69, 9.17) is 9.47 Å². The van der Waals surface area contributed by atoms with Crippen molar-refractivity contribution in [2.45, 2.75) is 72.0 Å². The molecule has 1 unspecified atom stereocenters. The number of hydrogen-bond donors (Lipinski definition) is 0. The van der Waals surface area contributed by atoms with Gasteiger partial charge in [0, 0.05) is 0 Å². The van der Waals surface area contributed by atoms with Gasteiger partial charge in [-0.25, -0.2) is 14.5 Å². The van der Waals surface area contributed by atoms with E-state index >= 15 is 0 Å². The zero-order valence-electron chi connectivity index (χ0n) is 16.8. The quantitative estimate of drug-likeness (QED) is 0.249. The van der Waals surface area contributed by atoms with Crippen molar-refractivity contribution in [3.05, 3.63) is 35.4 Å². The number of ether oxygens (including phenoxy) is 2. The van der Waals surface area contributed by atoms with E-state index < -0.39 is 18.2 Å². The highest BCUT2D eigenvalue weighted by atomic mass is 17.5. The molecule has 0 fully saturated rings. The second kappa shape index (κ2) is 11.6.